The zero-order chi connectivity index (χ0) is 18.2. The number of hydrogen-bond acceptors (Lipinski definition) is 3. The van der Waals surface area contributed by atoms with Crippen molar-refractivity contribution in [1.29, 1.82) is 0 Å². The van der Waals surface area contributed by atoms with Crippen molar-refractivity contribution in [1.82, 2.24) is 4.90 Å². The van der Waals surface area contributed by atoms with Crippen molar-refractivity contribution in [3.05, 3.63) is 59.1 Å². The molecular formula is C19H21ClN2O2S. The summed E-state index contributed by atoms with van der Waals surface area (Å²) in [5.41, 5.74) is 1.30. The fourth-order valence-electron chi connectivity index (χ4n) is 2.13. The Morgan fingerprint density at radius 3 is 2.28 bits per heavy atom. The molecule has 132 valence electrons. The molecule has 0 aliphatic carbocycles. The van der Waals surface area contributed by atoms with E-state index in [0.717, 1.165) is 22.1 Å². The highest BCUT2D eigenvalue weighted by Gasteiger charge is 2.08. The van der Waals surface area contributed by atoms with Gasteiger partial charge in [0.2, 0.25) is 5.91 Å². The summed E-state index contributed by atoms with van der Waals surface area (Å²) >= 11 is 7.56. The van der Waals surface area contributed by atoms with Crippen LogP contribution >= 0.6 is 23.4 Å². The van der Waals surface area contributed by atoms with Crippen molar-refractivity contribution in [3.63, 3.8) is 0 Å². The Kier molecular flexibility index (Phi) is 7.34. The second-order valence-electron chi connectivity index (χ2n) is 5.73. The minimum Gasteiger partial charge on any atom is -0.345 e. The summed E-state index contributed by atoms with van der Waals surface area (Å²) in [6.45, 7) is 0. The summed E-state index contributed by atoms with van der Waals surface area (Å²) in [5, 5.41) is 3.58. The van der Waals surface area contributed by atoms with Gasteiger partial charge in [0.1, 0.15) is 0 Å². The fourth-order valence-corrected chi connectivity index (χ4v) is 3.11. The van der Waals surface area contributed by atoms with E-state index in [1.54, 1.807) is 50.1 Å². The van der Waals surface area contributed by atoms with Gasteiger partial charge in [-0.2, -0.15) is 0 Å². The van der Waals surface area contributed by atoms with Gasteiger partial charge in [-0.05, 0) is 60.7 Å². The van der Waals surface area contributed by atoms with E-state index in [1.165, 1.54) is 4.90 Å². The van der Waals surface area contributed by atoms with Crippen LogP contribution in [0.5, 0.6) is 0 Å². The van der Waals surface area contributed by atoms with Gasteiger partial charge in [-0.15, -0.1) is 11.8 Å². The van der Waals surface area contributed by atoms with Gasteiger partial charge >= 0.3 is 0 Å². The maximum atomic E-state index is 12.0. The van der Waals surface area contributed by atoms with Gasteiger partial charge in [0.25, 0.3) is 5.91 Å². The molecule has 2 amide bonds. The van der Waals surface area contributed by atoms with E-state index in [0.29, 0.717) is 17.7 Å². The lowest BCUT2D eigenvalue weighted by Gasteiger charge is -2.11. The van der Waals surface area contributed by atoms with Crippen LogP contribution in [0.25, 0.3) is 0 Å². The van der Waals surface area contributed by atoms with Crippen LogP contribution in [-0.2, 0) is 4.79 Å². The van der Waals surface area contributed by atoms with E-state index < -0.39 is 0 Å². The number of nitrogens with one attached hydrogen (secondary N) is 1. The number of carbonyl (C=O) groups is 2. The molecule has 0 aliphatic heterocycles. The maximum Gasteiger partial charge on any atom is 0.253 e. The van der Waals surface area contributed by atoms with Crippen molar-refractivity contribution in [2.24, 2.45) is 0 Å². The number of anilines is 1. The van der Waals surface area contributed by atoms with Crippen LogP contribution in [0.15, 0.2) is 53.4 Å². The number of amides is 2. The lowest BCUT2D eigenvalue weighted by atomic mass is 10.2. The number of rotatable bonds is 7. The second kappa shape index (κ2) is 9.49. The van der Waals surface area contributed by atoms with E-state index in [2.05, 4.69) is 5.32 Å². The van der Waals surface area contributed by atoms with Gasteiger partial charge in [0.05, 0.1) is 0 Å². The molecule has 4 nitrogen and oxygen atoms in total. The summed E-state index contributed by atoms with van der Waals surface area (Å²) in [6.07, 6.45) is 1.25. The molecule has 6 heteroatoms. The van der Waals surface area contributed by atoms with Crippen LogP contribution in [0.1, 0.15) is 23.2 Å². The summed E-state index contributed by atoms with van der Waals surface area (Å²) in [6, 6.07) is 14.6. The lowest BCUT2D eigenvalue weighted by Crippen LogP contribution is -2.21. The highest BCUT2D eigenvalue weighted by atomic mass is 35.5. The van der Waals surface area contributed by atoms with E-state index in [9.17, 15) is 9.59 Å². The van der Waals surface area contributed by atoms with E-state index in [1.807, 2.05) is 24.3 Å². The number of nitrogens with zero attached hydrogens (tertiary/aromatic N) is 1. The summed E-state index contributed by atoms with van der Waals surface area (Å²) in [4.78, 5) is 26.5. The average Bonchev–Trinajstić information content (AvgIpc) is 2.60. The first-order chi connectivity index (χ1) is 12.0. The smallest absolute Gasteiger partial charge is 0.253 e. The third-order valence-corrected chi connectivity index (χ3v) is 4.80. The molecule has 25 heavy (non-hydrogen) atoms. The molecular weight excluding hydrogens is 356 g/mol. The first-order valence-electron chi connectivity index (χ1n) is 7.95. The van der Waals surface area contributed by atoms with Crippen molar-refractivity contribution in [2.75, 3.05) is 25.2 Å². The van der Waals surface area contributed by atoms with Crippen LogP contribution in [0, 0.1) is 0 Å². The molecule has 0 fully saturated rings. The number of benzene rings is 2. The Morgan fingerprint density at radius 1 is 1.04 bits per heavy atom. The molecule has 0 saturated heterocycles. The molecule has 0 unspecified atom stereocenters. The summed E-state index contributed by atoms with van der Waals surface area (Å²) in [5.74, 6) is 0.784. The van der Waals surface area contributed by atoms with Crippen molar-refractivity contribution in [2.45, 2.75) is 17.7 Å². The third-order valence-electron chi connectivity index (χ3n) is 3.45. The monoisotopic (exact) mass is 376 g/mol. The van der Waals surface area contributed by atoms with E-state index in [-0.39, 0.29) is 11.8 Å². The van der Waals surface area contributed by atoms with Crippen molar-refractivity contribution < 1.29 is 9.59 Å². The third kappa shape index (κ3) is 6.44. The maximum absolute atomic E-state index is 12.0. The minimum atomic E-state index is -0.0582. The Morgan fingerprint density at radius 2 is 1.68 bits per heavy atom. The standard InChI is InChI=1S/C19H21ClN2O2S/c1-22(2)19(24)14-5-9-16(10-6-14)21-18(23)4-3-13-25-17-11-7-15(20)8-12-17/h5-12H,3-4,13H2,1-2H3,(H,21,23). The largest absolute Gasteiger partial charge is 0.345 e. The summed E-state index contributed by atoms with van der Waals surface area (Å²) in [7, 11) is 3.42. The summed E-state index contributed by atoms with van der Waals surface area (Å²) < 4.78 is 0. The Bertz CT molecular complexity index is 715. The van der Waals surface area contributed by atoms with Gasteiger partial charge in [-0.25, -0.2) is 0 Å². The first-order valence-corrected chi connectivity index (χ1v) is 9.32. The Hall–Kier alpha value is -1.98. The fraction of sp³-hybridized carbons (Fsp3) is 0.263. The highest BCUT2D eigenvalue weighted by molar-refractivity contribution is 7.99. The van der Waals surface area contributed by atoms with Crippen LogP contribution in [0.4, 0.5) is 5.69 Å². The Balaban J connectivity index is 1.73. The molecule has 0 aromatic heterocycles. The van der Waals surface area contributed by atoms with Crippen LogP contribution in [0.2, 0.25) is 5.02 Å². The predicted molar refractivity (Wildman–Crippen MR) is 104 cm³/mol. The topological polar surface area (TPSA) is 49.4 Å². The number of thioether (sulfide) groups is 1. The van der Waals surface area contributed by atoms with Gasteiger partial charge in [0, 0.05) is 41.7 Å². The van der Waals surface area contributed by atoms with Gasteiger partial charge < -0.3 is 10.2 Å². The normalized spacial score (nSPS) is 10.4. The first kappa shape index (κ1) is 19.3. The van der Waals surface area contributed by atoms with Crippen LogP contribution in [-0.4, -0.2) is 36.6 Å². The van der Waals surface area contributed by atoms with Gasteiger partial charge in [-0.1, -0.05) is 11.6 Å². The molecule has 0 bridgehead atoms. The molecule has 1 N–H and O–H groups in total. The Labute approximate surface area is 157 Å². The van der Waals surface area contributed by atoms with E-state index in [4.69, 9.17) is 11.6 Å². The number of hydrogen-bond donors (Lipinski definition) is 1. The molecule has 0 atom stereocenters. The quantitative estimate of drug-likeness (QED) is 0.569. The molecule has 0 saturated carbocycles. The van der Waals surface area contributed by atoms with E-state index >= 15 is 0 Å². The number of carbonyl (C=O) groups excluding carboxylic acids is 2. The molecule has 2 rings (SSSR count). The second-order valence-corrected chi connectivity index (χ2v) is 7.34. The van der Waals surface area contributed by atoms with Gasteiger partial charge in [0.15, 0.2) is 0 Å². The SMILES string of the molecule is CN(C)C(=O)c1ccc(NC(=O)CCCSc2ccc(Cl)cc2)cc1. The van der Waals surface area contributed by atoms with Crippen molar-refractivity contribution in [3.8, 4) is 0 Å². The molecule has 0 spiro atoms. The lowest BCUT2D eigenvalue weighted by molar-refractivity contribution is -0.116. The zero-order valence-electron chi connectivity index (χ0n) is 14.3. The molecule has 2 aromatic rings. The molecule has 0 heterocycles. The van der Waals surface area contributed by atoms with Gasteiger partial charge in [-0.3, -0.25) is 9.59 Å². The predicted octanol–water partition coefficient (Wildman–Crippen LogP) is 4.55. The molecule has 2 aromatic carbocycles. The van der Waals surface area contributed by atoms with Crippen LogP contribution < -0.4 is 5.32 Å². The highest BCUT2D eigenvalue weighted by Crippen LogP contribution is 2.21. The number of halogens is 1. The zero-order valence-corrected chi connectivity index (χ0v) is 15.9. The average molecular weight is 377 g/mol. The van der Waals surface area contributed by atoms with Crippen LogP contribution in [0.3, 0.4) is 0 Å². The molecule has 0 aliphatic rings. The van der Waals surface area contributed by atoms with Crippen molar-refractivity contribution >= 4 is 40.9 Å². The molecule has 0 radical (unpaired) electrons. The minimum absolute atomic E-state index is 0.0246.